The summed E-state index contributed by atoms with van der Waals surface area (Å²) in [5, 5.41) is 10.7. The van der Waals surface area contributed by atoms with Crippen LogP contribution in [0.2, 0.25) is 0 Å². The normalized spacial score (nSPS) is 14.6. The molecule has 0 rings (SSSR count). The second-order valence-electron chi connectivity index (χ2n) is 27.6. The third kappa shape index (κ3) is 80.5. The number of esters is 4. The van der Waals surface area contributed by atoms with Crippen molar-refractivity contribution in [2.45, 2.75) is 341 Å². The molecule has 17 nitrogen and oxygen atoms in total. The molecule has 0 aliphatic heterocycles. The molecule has 0 radical (unpaired) electrons. The Hall–Kier alpha value is -5.58. The highest BCUT2D eigenvalue weighted by atomic mass is 31.2. The molecule has 0 aliphatic rings. The number of carbonyl (C=O) groups is 4. The summed E-state index contributed by atoms with van der Waals surface area (Å²) in [5.74, 6) is -2.26. The molecule has 0 aromatic carbocycles. The maximum absolute atomic E-state index is 13.1. The Morgan fingerprint density at radius 2 is 0.473 bits per heavy atom. The summed E-state index contributed by atoms with van der Waals surface area (Å²) in [6, 6.07) is 0. The maximum atomic E-state index is 13.1. The quantitative estimate of drug-likeness (QED) is 0.0169. The first-order chi connectivity index (χ1) is 53.7. The first kappa shape index (κ1) is 104. The lowest BCUT2D eigenvalue weighted by atomic mass is 10.0. The number of phosphoric ester groups is 2. The Kier molecular flexibility index (Phi) is 77.3. The molecule has 110 heavy (non-hydrogen) atoms. The predicted octanol–water partition coefficient (Wildman–Crippen LogP) is 25.3. The summed E-state index contributed by atoms with van der Waals surface area (Å²) in [7, 11) is -10.00. The highest BCUT2D eigenvalue weighted by Gasteiger charge is 2.30. The minimum absolute atomic E-state index is 0.0648. The average Bonchev–Trinajstić information content (AvgIpc) is 0.900. The molecular formula is C91H150O17P2. The van der Waals surface area contributed by atoms with Crippen LogP contribution in [0.4, 0.5) is 0 Å². The molecule has 0 saturated heterocycles. The second-order valence-corrected chi connectivity index (χ2v) is 30.5. The van der Waals surface area contributed by atoms with Gasteiger partial charge >= 0.3 is 39.5 Å². The average molecular weight is 1580 g/mol. The maximum Gasteiger partial charge on any atom is 0.472 e. The van der Waals surface area contributed by atoms with Crippen molar-refractivity contribution in [1.82, 2.24) is 0 Å². The van der Waals surface area contributed by atoms with Gasteiger partial charge in [0.25, 0.3) is 0 Å². The van der Waals surface area contributed by atoms with Crippen molar-refractivity contribution in [2.75, 3.05) is 39.6 Å². The highest BCUT2D eigenvalue weighted by Crippen LogP contribution is 2.45. The van der Waals surface area contributed by atoms with Gasteiger partial charge in [-0.1, -0.05) is 313 Å². The molecule has 0 aromatic heterocycles. The standard InChI is InChI=1S/C91H150O17P2/c1-5-9-13-17-21-25-29-33-36-39-42-45-48-52-55-59-63-67-71-75-88(93)101-81-86(107-90(95)77-73-69-65-61-57-51-32-28-24-20-16-12-8-4)83-105-109(97,98)103-79-85(92)80-104-110(99,100)106-84-87(108-91(96)78-74-70-66-62-58-54-50-47-44-41-38-35-31-27-23-19-15-11-7-3)82-102-89(94)76-72-68-64-60-56-53-49-46-43-40-37-34-30-26-22-18-14-10-6-2/h9-11,13-15,21-23,25-27,33-38,42-47,52-53,55-56,85-87,92H,5-8,12,16-20,24,28-32,39-41,48-51,54,57-84H2,1-4H3,(H,97,98)(H,99,100)/b13-9-,14-10-,15-11-,25-21-,26-22-,27-23-,36-33-,37-34-,38-35-,45-42-,46-43-,47-44-,55-52-,56-53-. The first-order valence-electron chi connectivity index (χ1n) is 42.4. The molecule has 0 aromatic rings. The van der Waals surface area contributed by atoms with E-state index in [0.29, 0.717) is 25.7 Å². The summed E-state index contributed by atoms with van der Waals surface area (Å²) in [5.41, 5.74) is 0. The van der Waals surface area contributed by atoms with Crippen LogP contribution in [0, 0.1) is 0 Å². The van der Waals surface area contributed by atoms with Gasteiger partial charge in [0.05, 0.1) is 26.4 Å². The molecule has 5 unspecified atom stereocenters. The van der Waals surface area contributed by atoms with Gasteiger partial charge in [-0.05, 0) is 154 Å². The minimum atomic E-state index is -5.00. The number of ether oxygens (including phenoxy) is 4. The number of allylic oxidation sites excluding steroid dienone is 28. The fourth-order valence-corrected chi connectivity index (χ4v) is 12.4. The minimum Gasteiger partial charge on any atom is -0.462 e. The van der Waals surface area contributed by atoms with E-state index in [4.69, 9.17) is 37.0 Å². The Balaban J connectivity index is 5.45. The van der Waals surface area contributed by atoms with Gasteiger partial charge in [0.1, 0.15) is 19.3 Å². The topological polar surface area (TPSA) is 237 Å². The van der Waals surface area contributed by atoms with E-state index in [-0.39, 0.29) is 25.7 Å². The Morgan fingerprint density at radius 1 is 0.264 bits per heavy atom. The van der Waals surface area contributed by atoms with Crippen LogP contribution in [0.25, 0.3) is 0 Å². The molecule has 19 heteroatoms. The van der Waals surface area contributed by atoms with E-state index in [1.807, 2.05) is 0 Å². The zero-order chi connectivity index (χ0) is 80.3. The Morgan fingerprint density at radius 3 is 0.736 bits per heavy atom. The molecule has 626 valence electrons. The number of aliphatic hydroxyl groups is 1. The lowest BCUT2D eigenvalue weighted by Gasteiger charge is -2.21. The lowest BCUT2D eigenvalue weighted by Crippen LogP contribution is -2.30. The van der Waals surface area contributed by atoms with Gasteiger partial charge in [0, 0.05) is 25.7 Å². The van der Waals surface area contributed by atoms with Crippen LogP contribution in [-0.4, -0.2) is 96.7 Å². The van der Waals surface area contributed by atoms with Crippen molar-refractivity contribution >= 4 is 39.5 Å². The van der Waals surface area contributed by atoms with E-state index in [1.54, 1.807) is 0 Å². The summed E-state index contributed by atoms with van der Waals surface area (Å²) in [6.07, 6.45) is 97.4. The first-order valence-corrected chi connectivity index (χ1v) is 45.4. The Bertz CT molecular complexity index is 2750. The third-order valence-electron chi connectivity index (χ3n) is 17.2. The number of carbonyl (C=O) groups excluding carboxylic acids is 4. The zero-order valence-electron chi connectivity index (χ0n) is 68.6. The van der Waals surface area contributed by atoms with Gasteiger partial charge in [-0.2, -0.15) is 0 Å². The molecule has 0 fully saturated rings. The molecule has 0 aliphatic carbocycles. The summed E-state index contributed by atoms with van der Waals surface area (Å²) in [6.45, 7) is 4.46. The van der Waals surface area contributed by atoms with Crippen molar-refractivity contribution < 1.29 is 80.2 Å². The van der Waals surface area contributed by atoms with Crippen LogP contribution in [0.3, 0.4) is 0 Å². The van der Waals surface area contributed by atoms with Gasteiger partial charge in [-0.3, -0.25) is 37.3 Å². The van der Waals surface area contributed by atoms with E-state index in [9.17, 15) is 43.2 Å². The molecule has 0 spiro atoms. The zero-order valence-corrected chi connectivity index (χ0v) is 70.4. The summed E-state index contributed by atoms with van der Waals surface area (Å²) < 4.78 is 68.7. The fraction of sp³-hybridized carbons (Fsp3) is 0.648. The van der Waals surface area contributed by atoms with Crippen LogP contribution in [-0.2, 0) is 65.4 Å². The monoisotopic (exact) mass is 1580 g/mol. The fourth-order valence-electron chi connectivity index (χ4n) is 10.9. The van der Waals surface area contributed by atoms with E-state index in [0.717, 1.165) is 193 Å². The number of aliphatic hydroxyl groups excluding tert-OH is 1. The number of hydrogen-bond donors (Lipinski definition) is 3. The van der Waals surface area contributed by atoms with Gasteiger partial charge in [-0.25, -0.2) is 9.13 Å². The Labute approximate surface area is 667 Å². The van der Waals surface area contributed by atoms with Crippen molar-refractivity contribution in [3.8, 4) is 0 Å². The van der Waals surface area contributed by atoms with Gasteiger partial charge in [-0.15, -0.1) is 0 Å². The van der Waals surface area contributed by atoms with Crippen molar-refractivity contribution in [3.05, 3.63) is 170 Å². The molecule has 0 heterocycles. The van der Waals surface area contributed by atoms with E-state index in [1.165, 1.54) is 51.4 Å². The summed E-state index contributed by atoms with van der Waals surface area (Å²) in [4.78, 5) is 73.2. The largest absolute Gasteiger partial charge is 0.472 e. The van der Waals surface area contributed by atoms with Crippen molar-refractivity contribution in [1.29, 1.82) is 0 Å². The van der Waals surface area contributed by atoms with E-state index in [2.05, 4.69) is 198 Å². The molecule has 0 saturated carbocycles. The number of hydrogen-bond acceptors (Lipinski definition) is 15. The van der Waals surface area contributed by atoms with Crippen LogP contribution < -0.4 is 0 Å². The summed E-state index contributed by atoms with van der Waals surface area (Å²) >= 11 is 0. The molecule has 0 bridgehead atoms. The molecule has 3 N–H and O–H groups in total. The number of rotatable bonds is 78. The van der Waals surface area contributed by atoms with E-state index < -0.39 is 97.5 Å². The van der Waals surface area contributed by atoms with Crippen LogP contribution in [0.15, 0.2) is 170 Å². The predicted molar refractivity (Wildman–Crippen MR) is 454 cm³/mol. The number of unbranched alkanes of at least 4 members (excludes halogenated alkanes) is 24. The lowest BCUT2D eigenvalue weighted by molar-refractivity contribution is -0.161. The highest BCUT2D eigenvalue weighted by molar-refractivity contribution is 7.47. The molecule has 5 atom stereocenters. The number of phosphoric acid groups is 2. The SMILES string of the molecule is CC/C=C\C/C=C\C/C=C\C/C=C\C/C=C\CCCCCC(=O)OCC(COP(=O)(O)OCC(O)COP(=O)(O)OCC(COC(=O)CCCCC/C=C\C/C=C\C/C=C\C/C=C\C/C=C\CC)OC(=O)CCCCCCCCCCCCCCC)OC(=O)CCCCCCCC/C=C\C/C=C\C/C=C\C/C=C\CC. The van der Waals surface area contributed by atoms with Crippen LogP contribution >= 0.6 is 15.6 Å². The molecular weight excluding hydrogens is 1430 g/mol. The van der Waals surface area contributed by atoms with Crippen molar-refractivity contribution in [2.24, 2.45) is 0 Å². The van der Waals surface area contributed by atoms with Gasteiger partial charge < -0.3 is 33.8 Å². The van der Waals surface area contributed by atoms with E-state index >= 15 is 0 Å². The second kappa shape index (κ2) is 81.4. The van der Waals surface area contributed by atoms with Gasteiger partial charge in [0.2, 0.25) is 0 Å². The van der Waals surface area contributed by atoms with Crippen molar-refractivity contribution in [3.63, 3.8) is 0 Å². The third-order valence-corrected chi connectivity index (χ3v) is 19.1. The molecule has 0 amide bonds. The smallest absolute Gasteiger partial charge is 0.462 e. The van der Waals surface area contributed by atoms with Crippen LogP contribution in [0.1, 0.15) is 323 Å². The van der Waals surface area contributed by atoms with Gasteiger partial charge in [0.15, 0.2) is 12.2 Å². The van der Waals surface area contributed by atoms with Crippen LogP contribution in [0.5, 0.6) is 0 Å².